The third-order valence-corrected chi connectivity index (χ3v) is 14.8. The number of unbranched alkanes of at least 4 members (excludes halogenated alkanes) is 34. The van der Waals surface area contributed by atoms with E-state index in [1.54, 1.807) is 6.08 Å². The Morgan fingerprint density at radius 1 is 0.272 bits per heavy atom. The maximum Gasteiger partial charge on any atom is 0.310 e. The van der Waals surface area contributed by atoms with E-state index in [0.717, 1.165) is 83.5 Å². The van der Waals surface area contributed by atoms with Crippen LogP contribution in [0.4, 0.5) is 0 Å². The van der Waals surface area contributed by atoms with Crippen molar-refractivity contribution in [1.29, 1.82) is 0 Å². The van der Waals surface area contributed by atoms with Crippen LogP contribution in [-0.4, -0.2) is 37.2 Å². The summed E-state index contributed by atoms with van der Waals surface area (Å²) in [5.41, 5.74) is 0. The number of hydrogen-bond acceptors (Lipinski definition) is 6. The number of carbonyl (C=O) groups excluding carboxylic acids is 3. The molecule has 0 N–H and O–H groups in total. The average molecular weight is 1130 g/mol. The Morgan fingerprint density at radius 3 is 0.815 bits per heavy atom. The molecule has 464 valence electrons. The van der Waals surface area contributed by atoms with Crippen LogP contribution in [0.3, 0.4) is 0 Å². The number of allylic oxidation sites excluding steroid dienone is 17. The maximum absolute atomic E-state index is 12.8. The molecule has 0 aliphatic carbocycles. The van der Waals surface area contributed by atoms with Gasteiger partial charge in [0.2, 0.25) is 0 Å². The molecule has 0 aliphatic heterocycles. The van der Waals surface area contributed by atoms with Crippen LogP contribution in [0.2, 0.25) is 0 Å². The Hall–Kier alpha value is -3.93. The fourth-order valence-corrected chi connectivity index (χ4v) is 9.75. The zero-order valence-corrected chi connectivity index (χ0v) is 53.3. The Labute approximate surface area is 501 Å². The highest BCUT2D eigenvalue weighted by atomic mass is 16.6. The molecule has 0 radical (unpaired) electrons. The molecule has 6 heteroatoms. The van der Waals surface area contributed by atoms with Gasteiger partial charge in [-0.15, -0.1) is 0 Å². The summed E-state index contributed by atoms with van der Waals surface area (Å²) < 4.78 is 16.8. The number of ether oxygens (including phenoxy) is 3. The molecule has 0 aromatic heterocycles. The molecule has 0 aromatic carbocycles. The molecule has 0 heterocycles. The van der Waals surface area contributed by atoms with Crippen LogP contribution < -0.4 is 0 Å². The summed E-state index contributed by atoms with van der Waals surface area (Å²) in [5, 5.41) is 0. The van der Waals surface area contributed by atoms with E-state index in [-0.39, 0.29) is 38.0 Å². The highest BCUT2D eigenvalue weighted by molar-refractivity contribution is 5.72. The normalized spacial score (nSPS) is 12.8. The molecular formula is C75H128O6. The smallest absolute Gasteiger partial charge is 0.310 e. The second-order valence-corrected chi connectivity index (χ2v) is 22.7. The third kappa shape index (κ3) is 66.8. The van der Waals surface area contributed by atoms with Crippen molar-refractivity contribution in [2.75, 3.05) is 13.2 Å². The van der Waals surface area contributed by atoms with Crippen molar-refractivity contribution in [3.63, 3.8) is 0 Å². The first-order valence-electron chi connectivity index (χ1n) is 34.4. The summed E-state index contributed by atoms with van der Waals surface area (Å²) in [5.74, 6) is -1.10. The van der Waals surface area contributed by atoms with E-state index in [0.29, 0.717) is 19.3 Å². The van der Waals surface area contributed by atoms with E-state index in [9.17, 15) is 14.4 Å². The van der Waals surface area contributed by atoms with E-state index in [1.807, 2.05) is 6.08 Å². The van der Waals surface area contributed by atoms with Gasteiger partial charge in [0, 0.05) is 12.8 Å². The summed E-state index contributed by atoms with van der Waals surface area (Å²) in [4.78, 5) is 38.2. The second kappa shape index (κ2) is 68.6. The van der Waals surface area contributed by atoms with Crippen molar-refractivity contribution in [3.8, 4) is 0 Å². The fourth-order valence-electron chi connectivity index (χ4n) is 9.75. The molecule has 0 saturated carbocycles. The molecular weight excluding hydrogens is 997 g/mol. The van der Waals surface area contributed by atoms with Gasteiger partial charge in [-0.05, 0) is 83.5 Å². The van der Waals surface area contributed by atoms with Gasteiger partial charge in [0.15, 0.2) is 6.10 Å². The lowest BCUT2D eigenvalue weighted by Crippen LogP contribution is -2.30. The van der Waals surface area contributed by atoms with E-state index in [4.69, 9.17) is 14.2 Å². The molecule has 0 spiro atoms. The van der Waals surface area contributed by atoms with E-state index < -0.39 is 12.1 Å². The number of rotatable bonds is 62. The molecule has 0 bridgehead atoms. The monoisotopic (exact) mass is 1120 g/mol. The van der Waals surface area contributed by atoms with Gasteiger partial charge in [-0.2, -0.15) is 0 Å². The molecule has 0 aromatic rings. The quantitative estimate of drug-likeness (QED) is 0.0261. The molecule has 0 fully saturated rings. The van der Waals surface area contributed by atoms with E-state index in [2.05, 4.69) is 118 Å². The zero-order valence-electron chi connectivity index (χ0n) is 53.3. The molecule has 0 rings (SSSR count). The van der Waals surface area contributed by atoms with Gasteiger partial charge in [0.05, 0.1) is 6.42 Å². The molecule has 0 saturated heterocycles. The SMILES string of the molecule is CC/C=C\C/C=C\C/C=C\C/C=C\C/C=C\CC(=O)OC(COC(=O)CCCC/C=C\C/C=C\C/C=C\C/C=C\CC)COC(=O)CCCCCCCCCCCCCCCCCCCCCCCCCCCCCCCCCCC. The van der Waals surface area contributed by atoms with Crippen molar-refractivity contribution in [1.82, 2.24) is 0 Å². The predicted molar refractivity (Wildman–Crippen MR) is 353 cm³/mol. The van der Waals surface area contributed by atoms with Gasteiger partial charge < -0.3 is 14.2 Å². The summed E-state index contributed by atoms with van der Waals surface area (Å²) in [7, 11) is 0. The van der Waals surface area contributed by atoms with Crippen LogP contribution in [0.1, 0.15) is 329 Å². The standard InChI is InChI=1S/C75H128O6/c1-4-7-10-13-16-19-22-25-28-29-30-31-32-33-34-35-36-37-38-39-40-41-42-43-44-45-48-50-53-56-59-62-65-68-74(77)80-71-72(81-75(78)69-66-63-60-57-54-51-47-27-24-21-18-15-12-9-6-3)70-79-73(76)67-64-61-58-55-52-49-46-26-23-20-17-14-11-8-5-2/h8-9,11-12,17-18,20-21,26-27,46-47,52,54-55,57,63,66,72H,4-7,10,13-16,19,22-25,28-45,48-51,53,56,58-62,64-65,67-71H2,1-3H3/b11-8-,12-9-,20-17-,21-18-,46-26-,47-27-,55-52-,57-54-,66-63-. The number of hydrogen-bond donors (Lipinski definition) is 0. The minimum atomic E-state index is -0.851. The Morgan fingerprint density at radius 2 is 0.519 bits per heavy atom. The van der Waals surface area contributed by atoms with Gasteiger partial charge in [0.1, 0.15) is 13.2 Å². The lowest BCUT2D eigenvalue weighted by Gasteiger charge is -2.18. The van der Waals surface area contributed by atoms with Crippen molar-refractivity contribution in [3.05, 3.63) is 109 Å². The van der Waals surface area contributed by atoms with Crippen LogP contribution in [0.25, 0.3) is 0 Å². The van der Waals surface area contributed by atoms with Crippen molar-refractivity contribution in [2.45, 2.75) is 335 Å². The molecule has 1 unspecified atom stereocenters. The van der Waals surface area contributed by atoms with Crippen LogP contribution in [0.5, 0.6) is 0 Å². The lowest BCUT2D eigenvalue weighted by molar-refractivity contribution is -0.166. The Bertz CT molecular complexity index is 1620. The summed E-state index contributed by atoms with van der Waals surface area (Å²) >= 11 is 0. The molecule has 6 nitrogen and oxygen atoms in total. The minimum Gasteiger partial charge on any atom is -0.462 e. The molecule has 1 atom stereocenters. The Balaban J connectivity index is 4.21. The van der Waals surface area contributed by atoms with Gasteiger partial charge in [-0.25, -0.2) is 0 Å². The van der Waals surface area contributed by atoms with Gasteiger partial charge in [0.25, 0.3) is 0 Å². The van der Waals surface area contributed by atoms with Crippen LogP contribution in [0.15, 0.2) is 109 Å². The van der Waals surface area contributed by atoms with Gasteiger partial charge >= 0.3 is 17.9 Å². The first-order valence-corrected chi connectivity index (χ1v) is 34.4. The number of esters is 3. The lowest BCUT2D eigenvalue weighted by atomic mass is 10.0. The van der Waals surface area contributed by atoms with Crippen LogP contribution in [-0.2, 0) is 28.6 Å². The van der Waals surface area contributed by atoms with Crippen molar-refractivity contribution >= 4 is 17.9 Å². The summed E-state index contributed by atoms with van der Waals surface area (Å²) in [6, 6.07) is 0. The topological polar surface area (TPSA) is 78.9 Å². The van der Waals surface area contributed by atoms with Gasteiger partial charge in [-0.3, -0.25) is 14.4 Å². The molecule has 81 heavy (non-hydrogen) atoms. The molecule has 0 aliphatic rings. The minimum absolute atomic E-state index is 0.0862. The zero-order chi connectivity index (χ0) is 58.5. The third-order valence-electron chi connectivity index (χ3n) is 14.8. The second-order valence-electron chi connectivity index (χ2n) is 22.7. The van der Waals surface area contributed by atoms with E-state index >= 15 is 0 Å². The van der Waals surface area contributed by atoms with Gasteiger partial charge in [-0.1, -0.05) is 336 Å². The highest BCUT2D eigenvalue weighted by Gasteiger charge is 2.19. The van der Waals surface area contributed by atoms with Crippen LogP contribution in [0, 0.1) is 0 Å². The Kier molecular flexibility index (Phi) is 65.2. The summed E-state index contributed by atoms with van der Waals surface area (Å²) in [6.07, 6.45) is 94.6. The highest BCUT2D eigenvalue weighted by Crippen LogP contribution is 2.18. The first kappa shape index (κ1) is 77.1. The predicted octanol–water partition coefficient (Wildman–Crippen LogP) is 23.8. The van der Waals surface area contributed by atoms with Crippen LogP contribution >= 0.6 is 0 Å². The number of carbonyl (C=O) groups is 3. The van der Waals surface area contributed by atoms with Crippen molar-refractivity contribution in [2.24, 2.45) is 0 Å². The first-order chi connectivity index (χ1) is 40.0. The summed E-state index contributed by atoms with van der Waals surface area (Å²) in [6.45, 7) is 6.32. The maximum atomic E-state index is 12.8. The van der Waals surface area contributed by atoms with Crippen molar-refractivity contribution < 1.29 is 28.6 Å². The largest absolute Gasteiger partial charge is 0.462 e. The average Bonchev–Trinajstić information content (AvgIpc) is 3.47. The van der Waals surface area contributed by atoms with E-state index in [1.165, 1.54) is 193 Å². The molecule has 0 amide bonds. The fraction of sp³-hybridized carbons (Fsp3) is 0.720.